The second kappa shape index (κ2) is 5.82. The van der Waals surface area contributed by atoms with Crippen LogP contribution in [0, 0.1) is 0 Å². The van der Waals surface area contributed by atoms with Crippen LogP contribution in [0.3, 0.4) is 0 Å². The normalized spacial score (nSPS) is 14.3. The molecular weight excluding hydrogens is 230 g/mol. The molecular formula is C13H19N3O2. The lowest BCUT2D eigenvalue weighted by atomic mass is 10.2. The number of aromatic nitrogens is 1. The Morgan fingerprint density at radius 3 is 3.06 bits per heavy atom. The fourth-order valence-electron chi connectivity index (χ4n) is 1.78. The minimum absolute atomic E-state index is 0.151. The number of pyridine rings is 1. The van der Waals surface area contributed by atoms with Gasteiger partial charge in [-0.3, -0.25) is 4.79 Å². The number of nitrogens with one attached hydrogen (secondary N) is 1. The second-order valence-electron chi connectivity index (χ2n) is 4.55. The van der Waals surface area contributed by atoms with Crippen LogP contribution < -0.4 is 10.1 Å². The van der Waals surface area contributed by atoms with E-state index in [-0.39, 0.29) is 5.91 Å². The van der Waals surface area contributed by atoms with Crippen LogP contribution in [0.2, 0.25) is 0 Å². The smallest absolute Gasteiger partial charge is 0.236 e. The summed E-state index contributed by atoms with van der Waals surface area (Å²) >= 11 is 0. The van der Waals surface area contributed by atoms with Crippen molar-refractivity contribution in [3.63, 3.8) is 0 Å². The third-order valence-corrected chi connectivity index (χ3v) is 3.10. The van der Waals surface area contributed by atoms with Crippen molar-refractivity contribution in [1.29, 1.82) is 0 Å². The summed E-state index contributed by atoms with van der Waals surface area (Å²) in [6, 6.07) is 4.24. The highest BCUT2D eigenvalue weighted by Gasteiger charge is 2.28. The first-order chi connectivity index (χ1) is 8.70. The molecule has 0 atom stereocenters. The summed E-state index contributed by atoms with van der Waals surface area (Å²) in [6.07, 6.45) is 3.99. The minimum Gasteiger partial charge on any atom is -0.481 e. The van der Waals surface area contributed by atoms with E-state index in [4.69, 9.17) is 4.74 Å². The van der Waals surface area contributed by atoms with E-state index in [1.807, 2.05) is 24.1 Å². The highest BCUT2D eigenvalue weighted by atomic mass is 16.5. The molecule has 1 aliphatic carbocycles. The predicted octanol–water partition coefficient (Wildman–Crippen LogP) is 0.801. The molecule has 0 aliphatic heterocycles. The molecule has 1 saturated carbocycles. The van der Waals surface area contributed by atoms with Crippen molar-refractivity contribution in [3.05, 3.63) is 23.9 Å². The average molecular weight is 249 g/mol. The van der Waals surface area contributed by atoms with Gasteiger partial charge in [-0.2, -0.15) is 0 Å². The number of carbonyl (C=O) groups excluding carboxylic acids is 1. The summed E-state index contributed by atoms with van der Waals surface area (Å²) in [5, 5.41) is 3.14. The van der Waals surface area contributed by atoms with E-state index in [1.165, 1.54) is 0 Å². The summed E-state index contributed by atoms with van der Waals surface area (Å²) in [5.41, 5.74) is 1.06. The van der Waals surface area contributed by atoms with Gasteiger partial charge in [0.1, 0.15) is 0 Å². The van der Waals surface area contributed by atoms with Crippen LogP contribution in [0.25, 0.3) is 0 Å². The van der Waals surface area contributed by atoms with Crippen molar-refractivity contribution in [2.75, 3.05) is 20.7 Å². The van der Waals surface area contributed by atoms with Crippen molar-refractivity contribution in [1.82, 2.24) is 15.2 Å². The molecule has 0 aromatic carbocycles. The van der Waals surface area contributed by atoms with E-state index in [0.29, 0.717) is 25.0 Å². The first kappa shape index (κ1) is 12.8. The molecule has 98 valence electrons. The van der Waals surface area contributed by atoms with Crippen molar-refractivity contribution in [2.45, 2.75) is 25.4 Å². The topological polar surface area (TPSA) is 54.5 Å². The number of hydrogen-bond acceptors (Lipinski definition) is 4. The molecule has 0 spiro atoms. The van der Waals surface area contributed by atoms with Crippen LogP contribution in [0.5, 0.6) is 5.88 Å². The third-order valence-electron chi connectivity index (χ3n) is 3.10. The molecule has 0 unspecified atom stereocenters. The summed E-state index contributed by atoms with van der Waals surface area (Å²) in [5.74, 6) is 0.745. The monoisotopic (exact) mass is 249 g/mol. The summed E-state index contributed by atoms with van der Waals surface area (Å²) < 4.78 is 5.05. The predicted molar refractivity (Wildman–Crippen MR) is 68.3 cm³/mol. The molecule has 1 aromatic heterocycles. The van der Waals surface area contributed by atoms with Gasteiger partial charge in [-0.25, -0.2) is 4.98 Å². The van der Waals surface area contributed by atoms with Gasteiger partial charge in [0.05, 0.1) is 13.7 Å². The van der Waals surface area contributed by atoms with Crippen molar-refractivity contribution in [3.8, 4) is 5.88 Å². The number of carbonyl (C=O) groups is 1. The van der Waals surface area contributed by atoms with E-state index >= 15 is 0 Å². The van der Waals surface area contributed by atoms with E-state index in [9.17, 15) is 4.79 Å². The van der Waals surface area contributed by atoms with Crippen molar-refractivity contribution in [2.24, 2.45) is 0 Å². The maximum Gasteiger partial charge on any atom is 0.236 e. The van der Waals surface area contributed by atoms with Crippen LogP contribution in [0.15, 0.2) is 18.3 Å². The molecule has 1 fully saturated rings. The third kappa shape index (κ3) is 3.43. The fourth-order valence-corrected chi connectivity index (χ4v) is 1.78. The highest BCUT2D eigenvalue weighted by Crippen LogP contribution is 2.25. The summed E-state index contributed by atoms with van der Waals surface area (Å²) in [4.78, 5) is 17.6. The molecule has 1 amide bonds. The standard InChI is InChI=1S/C13H19N3O2/c1-16(11-3-4-11)13(17)9-14-8-10-5-6-15-12(7-10)18-2/h5-7,11,14H,3-4,8-9H2,1-2H3. The lowest BCUT2D eigenvalue weighted by Gasteiger charge is -2.16. The van der Waals surface area contributed by atoms with Gasteiger partial charge in [0, 0.05) is 31.9 Å². The molecule has 5 nitrogen and oxygen atoms in total. The highest BCUT2D eigenvalue weighted by molar-refractivity contribution is 5.78. The minimum atomic E-state index is 0.151. The Bertz CT molecular complexity index is 418. The van der Waals surface area contributed by atoms with E-state index in [2.05, 4.69) is 10.3 Å². The Morgan fingerprint density at radius 2 is 2.39 bits per heavy atom. The lowest BCUT2D eigenvalue weighted by Crippen LogP contribution is -2.36. The molecule has 1 heterocycles. The van der Waals surface area contributed by atoms with Crippen LogP contribution in [0.1, 0.15) is 18.4 Å². The van der Waals surface area contributed by atoms with E-state index in [0.717, 1.165) is 18.4 Å². The quantitative estimate of drug-likeness (QED) is 0.810. The first-order valence-electron chi connectivity index (χ1n) is 6.16. The van der Waals surface area contributed by atoms with Crippen LogP contribution in [-0.4, -0.2) is 42.5 Å². The van der Waals surface area contributed by atoms with Gasteiger partial charge in [-0.05, 0) is 24.5 Å². The van der Waals surface area contributed by atoms with Gasteiger partial charge in [0.15, 0.2) is 0 Å². The van der Waals surface area contributed by atoms with Gasteiger partial charge in [-0.1, -0.05) is 0 Å². The molecule has 18 heavy (non-hydrogen) atoms. The first-order valence-corrected chi connectivity index (χ1v) is 6.16. The van der Waals surface area contributed by atoms with Gasteiger partial charge >= 0.3 is 0 Å². The van der Waals surface area contributed by atoms with E-state index < -0.39 is 0 Å². The average Bonchev–Trinajstić information content (AvgIpc) is 3.22. The zero-order valence-corrected chi connectivity index (χ0v) is 10.8. The number of amides is 1. The SMILES string of the molecule is COc1cc(CNCC(=O)N(C)C2CC2)ccn1. The number of hydrogen-bond donors (Lipinski definition) is 1. The van der Waals surface area contributed by atoms with Gasteiger partial charge in [0.2, 0.25) is 11.8 Å². The van der Waals surface area contributed by atoms with Gasteiger partial charge < -0.3 is 15.0 Å². The van der Waals surface area contributed by atoms with Gasteiger partial charge in [-0.15, -0.1) is 0 Å². The largest absolute Gasteiger partial charge is 0.481 e. The molecule has 1 aliphatic rings. The Labute approximate surface area is 107 Å². The number of nitrogens with zero attached hydrogens (tertiary/aromatic N) is 2. The van der Waals surface area contributed by atoms with Crippen LogP contribution in [0.4, 0.5) is 0 Å². The molecule has 0 bridgehead atoms. The zero-order valence-electron chi connectivity index (χ0n) is 10.8. The maximum atomic E-state index is 11.8. The molecule has 5 heteroatoms. The fraction of sp³-hybridized carbons (Fsp3) is 0.538. The van der Waals surface area contributed by atoms with E-state index in [1.54, 1.807) is 13.3 Å². The summed E-state index contributed by atoms with van der Waals surface area (Å²) in [6.45, 7) is 1.01. The van der Waals surface area contributed by atoms with Crippen LogP contribution >= 0.6 is 0 Å². The van der Waals surface area contributed by atoms with Gasteiger partial charge in [0.25, 0.3) is 0 Å². The number of likely N-dealkylation sites (N-methyl/N-ethyl adjacent to an activating group) is 1. The molecule has 0 radical (unpaired) electrons. The molecule has 2 rings (SSSR count). The van der Waals surface area contributed by atoms with Crippen molar-refractivity contribution >= 4 is 5.91 Å². The Balaban J connectivity index is 1.75. The second-order valence-corrected chi connectivity index (χ2v) is 4.55. The van der Waals surface area contributed by atoms with Crippen molar-refractivity contribution < 1.29 is 9.53 Å². The molecule has 1 N–H and O–H groups in total. The number of ether oxygens (including phenoxy) is 1. The Morgan fingerprint density at radius 1 is 1.61 bits per heavy atom. The number of methoxy groups -OCH3 is 1. The Hall–Kier alpha value is -1.62. The Kier molecular flexibility index (Phi) is 4.15. The lowest BCUT2D eigenvalue weighted by molar-refractivity contribution is -0.129. The molecule has 1 aromatic rings. The number of rotatable bonds is 6. The zero-order chi connectivity index (χ0) is 13.0. The summed E-state index contributed by atoms with van der Waals surface area (Å²) in [7, 11) is 3.46. The maximum absolute atomic E-state index is 11.8. The molecule has 0 saturated heterocycles. The van der Waals surface area contributed by atoms with Crippen LogP contribution in [-0.2, 0) is 11.3 Å².